The van der Waals surface area contributed by atoms with Crippen molar-refractivity contribution < 1.29 is 0 Å². The van der Waals surface area contributed by atoms with Crippen molar-refractivity contribution in [3.05, 3.63) is 35.4 Å². The van der Waals surface area contributed by atoms with Gasteiger partial charge in [-0.15, -0.1) is 0 Å². The second kappa shape index (κ2) is 2.37. The summed E-state index contributed by atoms with van der Waals surface area (Å²) in [5.41, 5.74) is 2.89. The summed E-state index contributed by atoms with van der Waals surface area (Å²) in [4.78, 5) is 0. The molecule has 0 spiro atoms. The lowest BCUT2D eigenvalue weighted by Gasteiger charge is -1.97. The van der Waals surface area contributed by atoms with Gasteiger partial charge in [0.1, 0.15) is 0 Å². The van der Waals surface area contributed by atoms with Crippen LogP contribution in [0.3, 0.4) is 0 Å². The minimum atomic E-state index is 0.871. The van der Waals surface area contributed by atoms with Gasteiger partial charge >= 0.3 is 0 Å². The normalized spacial score (nSPS) is 28.5. The van der Waals surface area contributed by atoms with E-state index in [0.717, 1.165) is 11.8 Å². The Morgan fingerprint density at radius 2 is 1.73 bits per heavy atom. The molecule has 1 aliphatic carbocycles. The third kappa shape index (κ3) is 1.30. The van der Waals surface area contributed by atoms with Gasteiger partial charge in [-0.25, -0.2) is 0 Å². The SMILES string of the molecule is Cc1ccc([C@H]2C[C@H]2C)cc1. The van der Waals surface area contributed by atoms with E-state index in [9.17, 15) is 0 Å². The quantitative estimate of drug-likeness (QED) is 0.571. The Kier molecular flexibility index (Phi) is 1.49. The average Bonchev–Trinajstić information content (AvgIpc) is 2.69. The maximum Gasteiger partial charge on any atom is -0.0133 e. The summed E-state index contributed by atoms with van der Waals surface area (Å²) in [6.07, 6.45) is 1.39. The lowest BCUT2D eigenvalue weighted by atomic mass is 10.1. The van der Waals surface area contributed by atoms with Crippen LogP contribution in [-0.2, 0) is 0 Å². The molecule has 2 atom stereocenters. The standard InChI is InChI=1S/C11H14/c1-8-3-5-10(6-4-8)11-7-9(11)2/h3-6,9,11H,7H2,1-2H3/t9-,11+/m1/s1. The fraction of sp³-hybridized carbons (Fsp3) is 0.455. The molecule has 11 heavy (non-hydrogen) atoms. The molecule has 0 heteroatoms. The third-order valence-corrected chi connectivity index (χ3v) is 2.61. The molecular weight excluding hydrogens is 132 g/mol. The highest BCUT2D eigenvalue weighted by molar-refractivity contribution is 5.28. The maximum absolute atomic E-state index is 2.32. The van der Waals surface area contributed by atoms with Crippen LogP contribution in [0.25, 0.3) is 0 Å². The van der Waals surface area contributed by atoms with Crippen molar-refractivity contribution in [1.29, 1.82) is 0 Å². The summed E-state index contributed by atoms with van der Waals surface area (Å²) in [6, 6.07) is 8.95. The van der Waals surface area contributed by atoms with Gasteiger partial charge in [0.25, 0.3) is 0 Å². The Morgan fingerprint density at radius 3 is 2.18 bits per heavy atom. The smallest absolute Gasteiger partial charge is 0.0133 e. The molecule has 0 nitrogen and oxygen atoms in total. The van der Waals surface area contributed by atoms with E-state index in [1.54, 1.807) is 0 Å². The second-order valence-corrected chi connectivity index (χ2v) is 3.73. The zero-order chi connectivity index (χ0) is 7.84. The Hall–Kier alpha value is -0.780. The van der Waals surface area contributed by atoms with Gasteiger partial charge in [0.2, 0.25) is 0 Å². The number of rotatable bonds is 1. The molecule has 1 saturated carbocycles. The molecule has 0 N–H and O–H groups in total. The summed E-state index contributed by atoms with van der Waals surface area (Å²) in [5, 5.41) is 0. The van der Waals surface area contributed by atoms with Crippen LogP contribution in [0.5, 0.6) is 0 Å². The van der Waals surface area contributed by atoms with Crippen LogP contribution in [0.1, 0.15) is 30.4 Å². The number of hydrogen-bond acceptors (Lipinski definition) is 0. The molecule has 1 aliphatic rings. The van der Waals surface area contributed by atoms with Crippen LogP contribution in [0.2, 0.25) is 0 Å². The van der Waals surface area contributed by atoms with Crippen molar-refractivity contribution in [3.8, 4) is 0 Å². The van der Waals surface area contributed by atoms with Crippen molar-refractivity contribution in [2.24, 2.45) is 5.92 Å². The predicted molar refractivity (Wildman–Crippen MR) is 47.7 cm³/mol. The molecule has 0 heterocycles. The van der Waals surface area contributed by atoms with E-state index in [0.29, 0.717) is 0 Å². The molecule has 2 rings (SSSR count). The highest BCUT2D eigenvalue weighted by atomic mass is 14.4. The summed E-state index contributed by atoms with van der Waals surface area (Å²) in [5.74, 6) is 1.80. The van der Waals surface area contributed by atoms with Crippen LogP contribution in [0, 0.1) is 12.8 Å². The summed E-state index contributed by atoms with van der Waals surface area (Å²) in [6.45, 7) is 4.46. The molecule has 1 fully saturated rings. The molecule has 1 aromatic rings. The first-order chi connectivity index (χ1) is 5.27. The molecule has 0 aliphatic heterocycles. The van der Waals surface area contributed by atoms with E-state index in [1.807, 2.05) is 0 Å². The van der Waals surface area contributed by atoms with Gasteiger partial charge in [-0.2, -0.15) is 0 Å². The fourth-order valence-corrected chi connectivity index (χ4v) is 1.60. The second-order valence-electron chi connectivity index (χ2n) is 3.73. The third-order valence-electron chi connectivity index (χ3n) is 2.61. The van der Waals surface area contributed by atoms with Crippen molar-refractivity contribution in [2.75, 3.05) is 0 Å². The van der Waals surface area contributed by atoms with Gasteiger partial charge < -0.3 is 0 Å². The fourth-order valence-electron chi connectivity index (χ4n) is 1.60. The van der Waals surface area contributed by atoms with E-state index in [2.05, 4.69) is 38.1 Å². The first-order valence-corrected chi connectivity index (χ1v) is 4.34. The first-order valence-electron chi connectivity index (χ1n) is 4.34. The Morgan fingerprint density at radius 1 is 1.18 bits per heavy atom. The van der Waals surface area contributed by atoms with Crippen LogP contribution >= 0.6 is 0 Å². The van der Waals surface area contributed by atoms with E-state index in [1.165, 1.54) is 17.5 Å². The molecule has 0 aromatic heterocycles. The summed E-state index contributed by atoms with van der Waals surface area (Å²) < 4.78 is 0. The minimum Gasteiger partial charge on any atom is -0.0619 e. The van der Waals surface area contributed by atoms with E-state index < -0.39 is 0 Å². The zero-order valence-corrected chi connectivity index (χ0v) is 7.17. The monoisotopic (exact) mass is 146 g/mol. The predicted octanol–water partition coefficient (Wildman–Crippen LogP) is 3.12. The highest BCUT2D eigenvalue weighted by Gasteiger charge is 2.33. The zero-order valence-electron chi connectivity index (χ0n) is 7.17. The molecule has 0 amide bonds. The first kappa shape index (κ1) is 6.90. The van der Waals surface area contributed by atoms with Gasteiger partial charge in [0.05, 0.1) is 0 Å². The average molecular weight is 146 g/mol. The van der Waals surface area contributed by atoms with E-state index >= 15 is 0 Å². The van der Waals surface area contributed by atoms with Gasteiger partial charge in [0.15, 0.2) is 0 Å². The van der Waals surface area contributed by atoms with Crippen molar-refractivity contribution in [1.82, 2.24) is 0 Å². The molecule has 0 unspecified atom stereocenters. The van der Waals surface area contributed by atoms with Crippen molar-refractivity contribution in [3.63, 3.8) is 0 Å². The van der Waals surface area contributed by atoms with Crippen molar-refractivity contribution >= 4 is 0 Å². The largest absolute Gasteiger partial charge is 0.0619 e. The van der Waals surface area contributed by atoms with Crippen LogP contribution in [-0.4, -0.2) is 0 Å². The number of hydrogen-bond donors (Lipinski definition) is 0. The minimum absolute atomic E-state index is 0.871. The Labute approximate surface area is 68.3 Å². The van der Waals surface area contributed by atoms with Crippen LogP contribution in [0.15, 0.2) is 24.3 Å². The van der Waals surface area contributed by atoms with E-state index in [4.69, 9.17) is 0 Å². The molecule has 1 aromatic carbocycles. The van der Waals surface area contributed by atoms with Gasteiger partial charge in [0, 0.05) is 0 Å². The van der Waals surface area contributed by atoms with Gasteiger partial charge in [-0.1, -0.05) is 36.8 Å². The number of benzene rings is 1. The van der Waals surface area contributed by atoms with Gasteiger partial charge in [-0.05, 0) is 30.7 Å². The van der Waals surface area contributed by atoms with E-state index in [-0.39, 0.29) is 0 Å². The lowest BCUT2D eigenvalue weighted by Crippen LogP contribution is -1.80. The molecular formula is C11H14. The lowest BCUT2D eigenvalue weighted by molar-refractivity contribution is 0.914. The van der Waals surface area contributed by atoms with Crippen LogP contribution < -0.4 is 0 Å². The van der Waals surface area contributed by atoms with Crippen LogP contribution in [0.4, 0.5) is 0 Å². The molecule has 0 bridgehead atoms. The highest BCUT2D eigenvalue weighted by Crippen LogP contribution is 2.46. The Balaban J connectivity index is 2.21. The van der Waals surface area contributed by atoms with Gasteiger partial charge in [-0.3, -0.25) is 0 Å². The molecule has 58 valence electrons. The molecule has 0 saturated heterocycles. The summed E-state index contributed by atoms with van der Waals surface area (Å²) >= 11 is 0. The number of aryl methyl sites for hydroxylation is 1. The molecule has 0 radical (unpaired) electrons. The maximum atomic E-state index is 2.32. The Bertz CT molecular complexity index is 245. The summed E-state index contributed by atoms with van der Waals surface area (Å²) in [7, 11) is 0. The van der Waals surface area contributed by atoms with Crippen molar-refractivity contribution in [2.45, 2.75) is 26.2 Å². The topological polar surface area (TPSA) is 0 Å².